The van der Waals surface area contributed by atoms with Crippen molar-refractivity contribution in [3.63, 3.8) is 0 Å². The fourth-order valence-corrected chi connectivity index (χ4v) is 3.28. The maximum absolute atomic E-state index is 12.4. The van der Waals surface area contributed by atoms with Gasteiger partial charge in [-0.1, -0.05) is 42.5 Å². The number of carbonyl (C=O) groups is 1. The molecule has 0 aromatic heterocycles. The van der Waals surface area contributed by atoms with E-state index in [4.69, 9.17) is 0 Å². The lowest BCUT2D eigenvalue weighted by atomic mass is 9.90. The summed E-state index contributed by atoms with van der Waals surface area (Å²) in [7, 11) is 0. The van der Waals surface area contributed by atoms with E-state index in [0.29, 0.717) is 5.92 Å². The Bertz CT molecular complexity index is 651. The Labute approximate surface area is 143 Å². The number of anilines is 1. The highest BCUT2D eigenvalue weighted by Gasteiger charge is 2.23. The summed E-state index contributed by atoms with van der Waals surface area (Å²) in [6, 6.07) is 18.1. The van der Waals surface area contributed by atoms with Crippen LogP contribution in [0.4, 0.5) is 10.5 Å². The molecule has 0 unspecified atom stereocenters. The average Bonchev–Trinajstić information content (AvgIpc) is 2.58. The quantitative estimate of drug-likeness (QED) is 0.802. The first-order valence-corrected chi connectivity index (χ1v) is 8.55. The van der Waals surface area contributed by atoms with Gasteiger partial charge in [-0.25, -0.2) is 4.79 Å². The number of para-hydroxylation sites is 1. The average molecular weight is 326 g/mol. The van der Waals surface area contributed by atoms with Crippen molar-refractivity contribution < 1.29 is 4.79 Å². The molecular weight excluding hydrogens is 304 g/mol. The molecular formula is C19H22N2OS. The lowest BCUT2D eigenvalue weighted by Gasteiger charge is -2.32. The maximum atomic E-state index is 12.4. The number of amides is 2. The van der Waals surface area contributed by atoms with Gasteiger partial charge < -0.3 is 10.2 Å². The highest BCUT2D eigenvalue weighted by Crippen LogP contribution is 2.23. The fourth-order valence-electron chi connectivity index (χ4n) is 3.06. The molecule has 0 saturated carbocycles. The van der Waals surface area contributed by atoms with E-state index in [9.17, 15) is 4.79 Å². The molecule has 0 atom stereocenters. The van der Waals surface area contributed by atoms with Gasteiger partial charge in [0, 0.05) is 18.0 Å². The van der Waals surface area contributed by atoms with Gasteiger partial charge in [0.15, 0.2) is 0 Å². The Hall–Kier alpha value is -1.94. The molecule has 3 rings (SSSR count). The predicted octanol–water partition coefficient (Wildman–Crippen LogP) is 4.46. The van der Waals surface area contributed by atoms with Gasteiger partial charge in [0.05, 0.1) is 5.69 Å². The van der Waals surface area contributed by atoms with Crippen molar-refractivity contribution in [2.24, 2.45) is 5.92 Å². The van der Waals surface area contributed by atoms with Crippen molar-refractivity contribution in [1.29, 1.82) is 0 Å². The normalized spacial score (nSPS) is 15.4. The third-order valence-corrected chi connectivity index (χ3v) is 4.80. The smallest absolute Gasteiger partial charge is 0.321 e. The fraction of sp³-hybridized carbons (Fsp3) is 0.316. The monoisotopic (exact) mass is 326 g/mol. The number of nitrogens with zero attached hydrogens (tertiary/aromatic N) is 1. The largest absolute Gasteiger partial charge is 0.325 e. The second-order valence-electron chi connectivity index (χ2n) is 6.07. The van der Waals surface area contributed by atoms with Crippen LogP contribution < -0.4 is 5.32 Å². The number of thiol groups is 1. The summed E-state index contributed by atoms with van der Waals surface area (Å²) in [5.41, 5.74) is 2.16. The molecule has 2 aromatic carbocycles. The zero-order valence-electron chi connectivity index (χ0n) is 13.1. The van der Waals surface area contributed by atoms with Crippen molar-refractivity contribution in [2.45, 2.75) is 24.2 Å². The number of likely N-dealkylation sites (tertiary alicyclic amines) is 1. The van der Waals surface area contributed by atoms with E-state index in [-0.39, 0.29) is 6.03 Å². The van der Waals surface area contributed by atoms with E-state index in [1.807, 2.05) is 29.2 Å². The van der Waals surface area contributed by atoms with Crippen LogP contribution in [0.2, 0.25) is 0 Å². The lowest BCUT2D eigenvalue weighted by Crippen LogP contribution is -2.41. The standard InChI is InChI=1S/C19H22N2OS/c22-19(20-17-8-4-5-9-18(17)23)21-12-10-16(11-13-21)14-15-6-2-1-3-7-15/h1-9,16,23H,10-14H2,(H,20,22). The van der Waals surface area contributed by atoms with Gasteiger partial charge in [0.25, 0.3) is 0 Å². The van der Waals surface area contributed by atoms with E-state index < -0.39 is 0 Å². The lowest BCUT2D eigenvalue weighted by molar-refractivity contribution is 0.182. The first-order valence-electron chi connectivity index (χ1n) is 8.10. The molecule has 0 spiro atoms. The predicted molar refractivity (Wildman–Crippen MR) is 97.2 cm³/mol. The molecule has 1 aliphatic heterocycles. The number of rotatable bonds is 3. The van der Waals surface area contributed by atoms with Crippen LogP contribution in [-0.2, 0) is 6.42 Å². The van der Waals surface area contributed by atoms with E-state index in [0.717, 1.165) is 42.9 Å². The molecule has 120 valence electrons. The molecule has 1 fully saturated rings. The van der Waals surface area contributed by atoms with Gasteiger partial charge in [-0.3, -0.25) is 0 Å². The molecule has 2 amide bonds. The summed E-state index contributed by atoms with van der Waals surface area (Å²) in [4.78, 5) is 15.1. The Balaban J connectivity index is 1.50. The Morgan fingerprint density at radius 2 is 1.70 bits per heavy atom. The molecule has 0 bridgehead atoms. The van der Waals surface area contributed by atoms with Gasteiger partial charge in [0.2, 0.25) is 0 Å². The van der Waals surface area contributed by atoms with Crippen LogP contribution in [0.3, 0.4) is 0 Å². The number of nitrogens with one attached hydrogen (secondary N) is 1. The first kappa shape index (κ1) is 15.9. The minimum atomic E-state index is -0.0235. The van der Waals surface area contributed by atoms with Crippen LogP contribution in [0, 0.1) is 5.92 Å². The Morgan fingerprint density at radius 1 is 1.04 bits per heavy atom. The number of carbonyl (C=O) groups excluding carboxylic acids is 1. The minimum absolute atomic E-state index is 0.0235. The molecule has 23 heavy (non-hydrogen) atoms. The summed E-state index contributed by atoms with van der Waals surface area (Å²) in [5.74, 6) is 0.665. The van der Waals surface area contributed by atoms with Gasteiger partial charge in [0.1, 0.15) is 0 Å². The van der Waals surface area contributed by atoms with Gasteiger partial charge >= 0.3 is 6.03 Å². The maximum Gasteiger partial charge on any atom is 0.321 e. The van der Waals surface area contributed by atoms with Crippen molar-refractivity contribution in [3.05, 3.63) is 60.2 Å². The number of piperidine rings is 1. The second kappa shape index (κ2) is 7.55. The van der Waals surface area contributed by atoms with Gasteiger partial charge in [-0.2, -0.15) is 0 Å². The number of hydrogen-bond acceptors (Lipinski definition) is 2. The number of benzene rings is 2. The topological polar surface area (TPSA) is 32.3 Å². The van der Waals surface area contributed by atoms with Crippen LogP contribution in [0.1, 0.15) is 18.4 Å². The summed E-state index contributed by atoms with van der Waals surface area (Å²) in [6.45, 7) is 1.64. The third kappa shape index (κ3) is 4.29. The van der Waals surface area contributed by atoms with Gasteiger partial charge in [-0.15, -0.1) is 12.6 Å². The molecule has 0 aliphatic carbocycles. The van der Waals surface area contributed by atoms with E-state index in [2.05, 4.69) is 48.3 Å². The van der Waals surface area contributed by atoms with E-state index in [1.54, 1.807) is 0 Å². The third-order valence-electron chi connectivity index (χ3n) is 4.41. The Morgan fingerprint density at radius 3 is 2.39 bits per heavy atom. The zero-order chi connectivity index (χ0) is 16.1. The molecule has 1 saturated heterocycles. The molecule has 2 aromatic rings. The highest BCUT2D eigenvalue weighted by molar-refractivity contribution is 7.80. The molecule has 1 aliphatic rings. The summed E-state index contributed by atoms with van der Waals surface area (Å²) >= 11 is 4.37. The molecule has 4 heteroatoms. The first-order chi connectivity index (χ1) is 11.2. The molecule has 1 N–H and O–H groups in total. The van der Waals surface area contributed by atoms with Crippen molar-refractivity contribution in [2.75, 3.05) is 18.4 Å². The molecule has 1 heterocycles. The summed E-state index contributed by atoms with van der Waals surface area (Å²) < 4.78 is 0. The van der Waals surface area contributed by atoms with Crippen molar-refractivity contribution in [1.82, 2.24) is 4.90 Å². The summed E-state index contributed by atoms with van der Waals surface area (Å²) in [5, 5.41) is 2.96. The van der Waals surface area contributed by atoms with Crippen molar-refractivity contribution in [3.8, 4) is 0 Å². The zero-order valence-corrected chi connectivity index (χ0v) is 14.0. The van der Waals surface area contributed by atoms with Crippen LogP contribution in [-0.4, -0.2) is 24.0 Å². The SMILES string of the molecule is O=C(Nc1ccccc1S)N1CCC(Cc2ccccc2)CC1. The second-order valence-corrected chi connectivity index (χ2v) is 6.55. The Kier molecular flexibility index (Phi) is 5.23. The van der Waals surface area contributed by atoms with Crippen LogP contribution >= 0.6 is 12.6 Å². The summed E-state index contributed by atoms with van der Waals surface area (Å²) in [6.07, 6.45) is 3.23. The minimum Gasteiger partial charge on any atom is -0.325 e. The highest BCUT2D eigenvalue weighted by atomic mass is 32.1. The number of urea groups is 1. The molecule has 0 radical (unpaired) electrons. The number of hydrogen-bond donors (Lipinski definition) is 2. The van der Waals surface area contributed by atoms with E-state index >= 15 is 0 Å². The van der Waals surface area contributed by atoms with Gasteiger partial charge in [-0.05, 0) is 42.9 Å². The van der Waals surface area contributed by atoms with Crippen LogP contribution in [0.15, 0.2) is 59.5 Å². The van der Waals surface area contributed by atoms with Crippen LogP contribution in [0.5, 0.6) is 0 Å². The van der Waals surface area contributed by atoms with Crippen LogP contribution in [0.25, 0.3) is 0 Å². The van der Waals surface area contributed by atoms with Crippen molar-refractivity contribution >= 4 is 24.3 Å². The van der Waals surface area contributed by atoms with E-state index in [1.165, 1.54) is 5.56 Å². The molecule has 3 nitrogen and oxygen atoms in total.